The molecule has 9 nitrogen and oxygen atoms in total. The number of carbonyl (C=O) groups excluding carboxylic acids is 3. The van der Waals surface area contributed by atoms with E-state index in [1.54, 1.807) is 36.4 Å². The second kappa shape index (κ2) is 10.8. The number of aromatic nitrogens is 2. The minimum atomic E-state index is -1.15. The first-order chi connectivity index (χ1) is 15.8. The van der Waals surface area contributed by atoms with Gasteiger partial charge >= 0.3 is 11.7 Å². The summed E-state index contributed by atoms with van der Waals surface area (Å²) in [6.07, 6.45) is 1.32. The van der Waals surface area contributed by atoms with Crippen LogP contribution in [0.25, 0.3) is 0 Å². The number of methoxy groups -OCH3 is 1. The maximum absolute atomic E-state index is 12.5. The Labute approximate surface area is 198 Å². The molecule has 11 heteroatoms. The Morgan fingerprint density at radius 1 is 1.00 bits per heavy atom. The summed E-state index contributed by atoms with van der Waals surface area (Å²) in [4.78, 5) is 53.3. The molecule has 0 saturated heterocycles. The third-order valence-corrected chi connectivity index (χ3v) is 5.14. The average molecular weight is 489 g/mol. The fourth-order valence-corrected chi connectivity index (χ4v) is 3.45. The van der Waals surface area contributed by atoms with Gasteiger partial charge in [0.1, 0.15) is 11.9 Å². The van der Waals surface area contributed by atoms with Gasteiger partial charge in [-0.1, -0.05) is 47.5 Å². The van der Waals surface area contributed by atoms with Gasteiger partial charge in [-0.3, -0.25) is 14.2 Å². The molecule has 2 aromatic carbocycles. The largest absolute Gasteiger partial charge is 0.467 e. The van der Waals surface area contributed by atoms with Crippen LogP contribution >= 0.6 is 23.2 Å². The molecule has 0 unspecified atom stereocenters. The van der Waals surface area contributed by atoms with E-state index in [1.165, 1.54) is 31.5 Å². The van der Waals surface area contributed by atoms with E-state index in [1.807, 2.05) is 0 Å². The van der Waals surface area contributed by atoms with E-state index in [0.717, 1.165) is 4.57 Å². The topological polar surface area (TPSA) is 119 Å². The molecule has 2 N–H and O–H groups in total. The molecule has 1 heterocycles. The van der Waals surface area contributed by atoms with Gasteiger partial charge in [-0.05, 0) is 30.3 Å². The van der Waals surface area contributed by atoms with Crippen LogP contribution in [0.3, 0.4) is 0 Å². The number of nitrogens with one attached hydrogen (secondary N) is 2. The summed E-state index contributed by atoms with van der Waals surface area (Å²) in [5.41, 5.74) is -0.379. The third-order valence-electron chi connectivity index (χ3n) is 4.51. The lowest BCUT2D eigenvalue weighted by atomic mass is 10.2. The van der Waals surface area contributed by atoms with Crippen molar-refractivity contribution in [3.63, 3.8) is 0 Å². The number of amides is 2. The summed E-state index contributed by atoms with van der Waals surface area (Å²) >= 11 is 12.0. The van der Waals surface area contributed by atoms with E-state index >= 15 is 0 Å². The van der Waals surface area contributed by atoms with Crippen molar-refractivity contribution in [2.75, 3.05) is 12.4 Å². The van der Waals surface area contributed by atoms with Crippen molar-refractivity contribution < 1.29 is 19.1 Å². The van der Waals surface area contributed by atoms with E-state index in [0.29, 0.717) is 5.56 Å². The van der Waals surface area contributed by atoms with Crippen molar-refractivity contribution in [3.8, 4) is 0 Å². The molecule has 1 atom stereocenters. The highest BCUT2D eigenvalue weighted by Crippen LogP contribution is 2.24. The Kier molecular flexibility index (Phi) is 7.81. The van der Waals surface area contributed by atoms with Crippen LogP contribution in [0.15, 0.2) is 65.6 Å². The Morgan fingerprint density at radius 3 is 2.27 bits per heavy atom. The summed E-state index contributed by atoms with van der Waals surface area (Å²) < 4.78 is 5.84. The number of carbonyl (C=O) groups is 3. The molecule has 3 rings (SSSR count). The zero-order valence-corrected chi connectivity index (χ0v) is 18.8. The fourth-order valence-electron chi connectivity index (χ4n) is 2.88. The average Bonchev–Trinajstić information content (AvgIpc) is 2.80. The molecule has 170 valence electrons. The number of halogens is 2. The van der Waals surface area contributed by atoms with Gasteiger partial charge in [0.25, 0.3) is 11.8 Å². The van der Waals surface area contributed by atoms with Gasteiger partial charge in [0.05, 0.1) is 29.3 Å². The van der Waals surface area contributed by atoms with Crippen molar-refractivity contribution in [1.82, 2.24) is 14.9 Å². The fraction of sp³-hybridized carbons (Fsp3) is 0.136. The Hall–Kier alpha value is -3.69. The maximum Gasteiger partial charge on any atom is 0.349 e. The molecule has 33 heavy (non-hydrogen) atoms. The standard InChI is InChI=1S/C22H18Cl2N4O5/c1-33-21(31)16(25-19(29)13-6-3-2-4-7-13)12-28-11-10-17(27-22(28)32)26-20(30)18-14(23)8-5-9-15(18)24/h2-11,16H,12H2,1H3,(H,25,29)(H,26,27,30,32)/t16-/m0/s1. The lowest BCUT2D eigenvalue weighted by Gasteiger charge is -2.17. The van der Waals surface area contributed by atoms with E-state index in [2.05, 4.69) is 15.6 Å². The summed E-state index contributed by atoms with van der Waals surface area (Å²) in [5, 5.41) is 5.28. The van der Waals surface area contributed by atoms with Crippen molar-refractivity contribution in [2.24, 2.45) is 0 Å². The second-order valence-electron chi connectivity index (χ2n) is 6.71. The van der Waals surface area contributed by atoms with Crippen molar-refractivity contribution in [3.05, 3.63) is 92.5 Å². The van der Waals surface area contributed by atoms with Crippen LogP contribution in [-0.2, 0) is 16.1 Å². The highest BCUT2D eigenvalue weighted by atomic mass is 35.5. The number of esters is 1. The van der Waals surface area contributed by atoms with Crippen LogP contribution in [0.1, 0.15) is 20.7 Å². The number of benzene rings is 2. The molecular weight excluding hydrogens is 471 g/mol. The first-order valence-electron chi connectivity index (χ1n) is 9.56. The zero-order valence-electron chi connectivity index (χ0n) is 17.2. The first kappa shape index (κ1) is 24.0. The van der Waals surface area contributed by atoms with Crippen molar-refractivity contribution >= 4 is 46.8 Å². The molecular formula is C22H18Cl2N4O5. The number of ether oxygens (including phenoxy) is 1. The SMILES string of the molecule is COC(=O)[C@H](Cn1ccc(NC(=O)c2c(Cl)cccc2Cl)nc1=O)NC(=O)c1ccccc1. The Balaban J connectivity index is 1.76. The Morgan fingerprint density at radius 2 is 1.67 bits per heavy atom. The van der Waals surface area contributed by atoms with Gasteiger partial charge in [0.2, 0.25) is 0 Å². The smallest absolute Gasteiger partial charge is 0.349 e. The molecule has 0 spiro atoms. The molecule has 0 bridgehead atoms. The van der Waals surface area contributed by atoms with Crippen molar-refractivity contribution in [1.29, 1.82) is 0 Å². The highest BCUT2D eigenvalue weighted by molar-refractivity contribution is 6.40. The van der Waals surface area contributed by atoms with Crippen LogP contribution in [-0.4, -0.2) is 40.5 Å². The molecule has 0 fully saturated rings. The van der Waals surface area contributed by atoms with E-state index in [4.69, 9.17) is 27.9 Å². The summed E-state index contributed by atoms with van der Waals surface area (Å²) in [6.45, 7) is -0.234. The number of hydrogen-bond donors (Lipinski definition) is 2. The monoisotopic (exact) mass is 488 g/mol. The molecule has 3 aromatic rings. The quantitative estimate of drug-likeness (QED) is 0.493. The number of anilines is 1. The molecule has 1 aromatic heterocycles. The highest BCUT2D eigenvalue weighted by Gasteiger charge is 2.23. The van der Waals surface area contributed by atoms with Gasteiger partial charge in [0, 0.05) is 11.8 Å². The summed E-state index contributed by atoms with van der Waals surface area (Å²) in [7, 11) is 1.17. The van der Waals surface area contributed by atoms with Gasteiger partial charge in [-0.25, -0.2) is 9.59 Å². The third kappa shape index (κ3) is 5.97. The normalized spacial score (nSPS) is 11.4. The molecule has 0 aliphatic carbocycles. The van der Waals surface area contributed by atoms with Gasteiger partial charge in [0.15, 0.2) is 0 Å². The minimum Gasteiger partial charge on any atom is -0.467 e. The second-order valence-corrected chi connectivity index (χ2v) is 7.53. The van der Waals surface area contributed by atoms with Gasteiger partial charge in [-0.15, -0.1) is 0 Å². The maximum atomic E-state index is 12.5. The molecule has 0 saturated carbocycles. The van der Waals surface area contributed by atoms with Gasteiger partial charge in [-0.2, -0.15) is 4.98 Å². The van der Waals surface area contributed by atoms with E-state index in [9.17, 15) is 19.2 Å². The minimum absolute atomic E-state index is 0.0415. The van der Waals surface area contributed by atoms with Crippen LogP contribution < -0.4 is 16.3 Å². The van der Waals surface area contributed by atoms with Gasteiger partial charge < -0.3 is 15.4 Å². The molecule has 0 aliphatic heterocycles. The molecule has 2 amide bonds. The van der Waals surface area contributed by atoms with E-state index in [-0.39, 0.29) is 28.0 Å². The van der Waals surface area contributed by atoms with E-state index < -0.39 is 29.5 Å². The Bertz CT molecular complexity index is 1230. The zero-order chi connectivity index (χ0) is 24.0. The molecule has 0 aliphatic rings. The van der Waals surface area contributed by atoms with Crippen molar-refractivity contribution in [2.45, 2.75) is 12.6 Å². The molecule has 0 radical (unpaired) electrons. The van der Waals surface area contributed by atoms with Crippen LogP contribution in [0.4, 0.5) is 5.82 Å². The first-order valence-corrected chi connectivity index (χ1v) is 10.3. The number of nitrogens with zero attached hydrogens (tertiary/aromatic N) is 2. The predicted molar refractivity (Wildman–Crippen MR) is 123 cm³/mol. The number of hydrogen-bond acceptors (Lipinski definition) is 6. The lowest BCUT2D eigenvalue weighted by Crippen LogP contribution is -2.46. The lowest BCUT2D eigenvalue weighted by molar-refractivity contribution is -0.143. The van der Waals surface area contributed by atoms with Crippen LogP contribution in [0.2, 0.25) is 10.0 Å². The van der Waals surface area contributed by atoms with Crippen LogP contribution in [0.5, 0.6) is 0 Å². The predicted octanol–water partition coefficient (Wildman–Crippen LogP) is 2.77. The summed E-state index contributed by atoms with van der Waals surface area (Å²) in [5.74, 6) is -1.93. The van der Waals surface area contributed by atoms with Crippen LogP contribution in [0, 0.1) is 0 Å². The number of rotatable bonds is 7. The summed E-state index contributed by atoms with van der Waals surface area (Å²) in [6, 6.07) is 13.1.